The molecule has 6 heteroatoms. The van der Waals surface area contributed by atoms with Gasteiger partial charge in [0.2, 0.25) is 0 Å². The Morgan fingerprint density at radius 1 is 0.906 bits per heavy atom. The molecule has 1 fully saturated rings. The molecule has 0 aromatic heterocycles. The van der Waals surface area contributed by atoms with E-state index in [4.69, 9.17) is 9.47 Å². The molecule has 160 valence electrons. The van der Waals surface area contributed by atoms with Crippen molar-refractivity contribution in [2.24, 2.45) is 5.92 Å². The van der Waals surface area contributed by atoms with Crippen molar-refractivity contribution in [3.63, 3.8) is 0 Å². The van der Waals surface area contributed by atoms with E-state index in [2.05, 4.69) is 0 Å². The molecular weight excluding hydrogens is 414 g/mol. The molecule has 0 amide bonds. The molecule has 3 aromatic carbocycles. The van der Waals surface area contributed by atoms with E-state index >= 15 is 0 Å². The van der Waals surface area contributed by atoms with Gasteiger partial charge in [0.25, 0.3) is 0 Å². The van der Waals surface area contributed by atoms with Crippen LogP contribution in [0.3, 0.4) is 0 Å². The van der Waals surface area contributed by atoms with E-state index < -0.39 is 35.2 Å². The van der Waals surface area contributed by atoms with Gasteiger partial charge in [-0.3, -0.25) is 9.59 Å². The molecule has 32 heavy (non-hydrogen) atoms. The van der Waals surface area contributed by atoms with Crippen molar-refractivity contribution in [1.29, 1.82) is 0 Å². The summed E-state index contributed by atoms with van der Waals surface area (Å²) >= 11 is 0. The number of benzene rings is 3. The molecule has 1 heterocycles. The number of hydrogen-bond acceptors (Lipinski definition) is 4. The van der Waals surface area contributed by atoms with E-state index in [-0.39, 0.29) is 17.7 Å². The Hall–Kier alpha value is -3.54. The van der Waals surface area contributed by atoms with Crippen LogP contribution in [0.2, 0.25) is 0 Å². The minimum atomic E-state index is -1.19. The van der Waals surface area contributed by atoms with Crippen LogP contribution in [0.1, 0.15) is 45.6 Å². The van der Waals surface area contributed by atoms with Crippen molar-refractivity contribution in [3.8, 4) is 0 Å². The molecule has 1 aliphatic heterocycles. The molecule has 1 saturated heterocycles. The van der Waals surface area contributed by atoms with Crippen LogP contribution in [0.15, 0.2) is 66.7 Å². The maximum atomic E-state index is 14.4. The van der Waals surface area contributed by atoms with Gasteiger partial charge in [-0.15, -0.1) is 0 Å². The van der Waals surface area contributed by atoms with Gasteiger partial charge >= 0.3 is 11.9 Å². The van der Waals surface area contributed by atoms with Crippen LogP contribution >= 0.6 is 0 Å². The van der Waals surface area contributed by atoms with Gasteiger partial charge in [-0.25, -0.2) is 8.78 Å². The van der Waals surface area contributed by atoms with Crippen molar-refractivity contribution in [2.75, 3.05) is 7.11 Å². The predicted octanol–water partition coefficient (Wildman–Crippen LogP) is 4.53. The van der Waals surface area contributed by atoms with Gasteiger partial charge in [0.15, 0.2) is 11.5 Å². The monoisotopic (exact) mass is 432 g/mol. The zero-order valence-electron chi connectivity index (χ0n) is 17.0. The Bertz CT molecular complexity index is 1290. The van der Waals surface area contributed by atoms with Crippen LogP contribution < -0.4 is 0 Å². The molecule has 3 aromatic rings. The van der Waals surface area contributed by atoms with Gasteiger partial charge in [0.1, 0.15) is 11.6 Å². The highest BCUT2D eigenvalue weighted by molar-refractivity contribution is 5.99. The molecule has 4 nitrogen and oxygen atoms in total. The first kappa shape index (κ1) is 19.2. The molecule has 0 bridgehead atoms. The fraction of sp³-hybridized carbons (Fsp3) is 0.231. The number of hydrogen-bond donors (Lipinski definition) is 0. The largest absolute Gasteiger partial charge is 0.468 e. The van der Waals surface area contributed by atoms with Crippen molar-refractivity contribution in [2.45, 2.75) is 23.4 Å². The highest BCUT2D eigenvalue weighted by Crippen LogP contribution is 2.72. The summed E-state index contributed by atoms with van der Waals surface area (Å²) in [5.74, 6) is -4.72. The van der Waals surface area contributed by atoms with E-state index in [0.29, 0.717) is 5.56 Å². The Balaban J connectivity index is 1.67. The number of methoxy groups -OCH3 is 1. The van der Waals surface area contributed by atoms with Crippen LogP contribution in [-0.4, -0.2) is 19.0 Å². The molecule has 0 radical (unpaired) electrons. The second-order valence-corrected chi connectivity index (χ2v) is 8.56. The summed E-state index contributed by atoms with van der Waals surface area (Å²) in [6, 6.07) is 18.4. The lowest BCUT2D eigenvalue weighted by molar-refractivity contribution is -0.158. The first-order valence-corrected chi connectivity index (χ1v) is 10.4. The molecule has 5 atom stereocenters. The standard InChI is InChI=1S/C26H18F2O4/c1-31-24(29)21-23-18-12-15(28)10-11-16(18)22-20(13-6-8-14(27)9-7-13)17-4-2-3-5-19(17)26(22,23)32-25(21)30/h2-12,20-23H,1H3/t20-,21-,22+,23+,26?/m0/s1. The first-order valence-electron chi connectivity index (χ1n) is 10.4. The molecule has 1 spiro atoms. The van der Waals surface area contributed by atoms with Crippen LogP contribution in [-0.2, 0) is 24.7 Å². The normalized spacial score (nSPS) is 29.0. The minimum Gasteiger partial charge on any atom is -0.468 e. The highest BCUT2D eigenvalue weighted by Gasteiger charge is 2.72. The lowest BCUT2D eigenvalue weighted by Gasteiger charge is -2.31. The highest BCUT2D eigenvalue weighted by atomic mass is 19.1. The van der Waals surface area contributed by atoms with Crippen LogP contribution in [0, 0.1) is 17.6 Å². The SMILES string of the molecule is COC(=O)[C@H]1C(=O)OC23c4ccccc4[C@H](c4ccc(F)cc4)[C@H]2c2ccc(F)cc2[C@H]13. The third-order valence-electron chi connectivity index (χ3n) is 7.23. The number of carbonyl (C=O) groups excluding carboxylic acids is 2. The molecule has 3 aliphatic rings. The number of halogens is 2. The molecule has 0 saturated carbocycles. The summed E-state index contributed by atoms with van der Waals surface area (Å²) in [5.41, 5.74) is 2.83. The smallest absolute Gasteiger partial charge is 0.322 e. The minimum absolute atomic E-state index is 0.259. The lowest BCUT2D eigenvalue weighted by atomic mass is 9.75. The topological polar surface area (TPSA) is 52.6 Å². The maximum Gasteiger partial charge on any atom is 0.322 e. The zero-order chi connectivity index (χ0) is 22.2. The maximum absolute atomic E-state index is 14.4. The number of esters is 2. The summed E-state index contributed by atoms with van der Waals surface area (Å²) in [5, 5.41) is 0. The summed E-state index contributed by atoms with van der Waals surface area (Å²) < 4.78 is 39.1. The first-order chi connectivity index (χ1) is 15.5. The fourth-order valence-electron chi connectivity index (χ4n) is 6.20. The van der Waals surface area contributed by atoms with E-state index in [1.807, 2.05) is 24.3 Å². The van der Waals surface area contributed by atoms with Gasteiger partial charge in [-0.1, -0.05) is 42.5 Å². The summed E-state index contributed by atoms with van der Waals surface area (Å²) in [7, 11) is 1.23. The molecule has 1 unspecified atom stereocenters. The Kier molecular flexibility index (Phi) is 3.88. The van der Waals surface area contributed by atoms with Gasteiger partial charge in [0, 0.05) is 17.4 Å². The van der Waals surface area contributed by atoms with Crippen molar-refractivity contribution >= 4 is 11.9 Å². The summed E-state index contributed by atoms with van der Waals surface area (Å²) in [6.07, 6.45) is 0. The number of fused-ring (bicyclic) bond motifs is 4. The fourth-order valence-corrected chi connectivity index (χ4v) is 6.20. The van der Waals surface area contributed by atoms with Crippen LogP contribution in [0.25, 0.3) is 0 Å². The lowest BCUT2D eigenvalue weighted by Crippen LogP contribution is -2.32. The zero-order valence-corrected chi connectivity index (χ0v) is 17.0. The Morgan fingerprint density at radius 2 is 1.62 bits per heavy atom. The third kappa shape index (κ3) is 2.24. The molecule has 0 N–H and O–H groups in total. The van der Waals surface area contributed by atoms with Crippen molar-refractivity contribution in [1.82, 2.24) is 0 Å². The van der Waals surface area contributed by atoms with E-state index in [1.54, 1.807) is 18.2 Å². The van der Waals surface area contributed by atoms with E-state index in [0.717, 1.165) is 22.3 Å². The van der Waals surface area contributed by atoms with Gasteiger partial charge in [-0.05, 0) is 46.5 Å². The predicted molar refractivity (Wildman–Crippen MR) is 110 cm³/mol. The number of carbonyl (C=O) groups is 2. The summed E-state index contributed by atoms with van der Waals surface area (Å²) in [4.78, 5) is 25.7. The number of rotatable bonds is 2. The van der Waals surface area contributed by atoms with Crippen LogP contribution in [0.5, 0.6) is 0 Å². The average Bonchev–Trinajstić information content (AvgIpc) is 3.35. The summed E-state index contributed by atoms with van der Waals surface area (Å²) in [6.45, 7) is 0. The van der Waals surface area contributed by atoms with Gasteiger partial charge < -0.3 is 9.47 Å². The average molecular weight is 432 g/mol. The Morgan fingerprint density at radius 3 is 2.38 bits per heavy atom. The second-order valence-electron chi connectivity index (χ2n) is 8.56. The third-order valence-corrected chi connectivity index (χ3v) is 7.23. The van der Waals surface area contributed by atoms with E-state index in [1.165, 1.54) is 31.4 Å². The number of ether oxygens (including phenoxy) is 2. The van der Waals surface area contributed by atoms with Gasteiger partial charge in [-0.2, -0.15) is 0 Å². The van der Waals surface area contributed by atoms with E-state index in [9.17, 15) is 18.4 Å². The van der Waals surface area contributed by atoms with Crippen LogP contribution in [0.4, 0.5) is 8.78 Å². The second kappa shape index (κ2) is 6.48. The molecule has 6 rings (SSSR count). The Labute approximate surface area is 182 Å². The van der Waals surface area contributed by atoms with Gasteiger partial charge in [0.05, 0.1) is 13.0 Å². The van der Waals surface area contributed by atoms with Crippen molar-refractivity contribution in [3.05, 3.63) is 106 Å². The quantitative estimate of drug-likeness (QED) is 0.441. The molecular formula is C26H18F2O4. The molecule has 2 aliphatic carbocycles. The van der Waals surface area contributed by atoms with Crippen molar-refractivity contribution < 1.29 is 27.8 Å².